The fourth-order valence-corrected chi connectivity index (χ4v) is 8.52. The Hall–Kier alpha value is -4.89. The second kappa shape index (κ2) is 10.3. The molecular weight excluding hydrogens is 667 g/mol. The molecule has 7 heteroatoms. The van der Waals surface area contributed by atoms with Crippen LogP contribution in [0.4, 0.5) is 0 Å². The number of halogens is 1. The number of imidazole rings is 1. The third-order valence-corrected chi connectivity index (χ3v) is 11.3. The van der Waals surface area contributed by atoms with Gasteiger partial charge in [0.05, 0.1) is 11.0 Å². The minimum absolute atomic E-state index is 0.195. The molecule has 0 amide bonds. The summed E-state index contributed by atoms with van der Waals surface area (Å²) in [4.78, 5) is 4.99. The van der Waals surface area contributed by atoms with Crippen molar-refractivity contribution >= 4 is 54.8 Å². The van der Waals surface area contributed by atoms with E-state index in [-0.39, 0.29) is 21.2 Å². The quantitative estimate of drug-likeness (QED) is 0.145. The van der Waals surface area contributed by atoms with Gasteiger partial charge in [-0.2, -0.15) is 0 Å². The van der Waals surface area contributed by atoms with Crippen molar-refractivity contribution in [2.75, 3.05) is 4.43 Å². The maximum atomic E-state index is 5.07. The molecule has 4 heterocycles. The maximum absolute atomic E-state index is 5.07. The summed E-state index contributed by atoms with van der Waals surface area (Å²) in [6, 6.07) is 41.6. The van der Waals surface area contributed by atoms with Crippen LogP contribution in [-0.4, -0.2) is 23.1 Å². The Labute approximate surface area is 270 Å². The van der Waals surface area contributed by atoms with Crippen LogP contribution in [0.1, 0.15) is 12.5 Å². The van der Waals surface area contributed by atoms with Crippen LogP contribution in [0.5, 0.6) is 0 Å². The average molecular weight is 698 g/mol. The second-order valence-corrected chi connectivity index (χ2v) is 14.8. The van der Waals surface area contributed by atoms with Crippen LogP contribution in [0.15, 0.2) is 122 Å². The van der Waals surface area contributed by atoms with Gasteiger partial charge in [-0.25, -0.2) is 0 Å². The number of rotatable bonds is 6. The van der Waals surface area contributed by atoms with E-state index in [4.69, 9.17) is 10.1 Å². The van der Waals surface area contributed by atoms with Gasteiger partial charge >= 0.3 is 184 Å². The number of benzene rings is 5. The number of nitrogens with zero attached hydrogens (tertiary/aromatic N) is 6. The summed E-state index contributed by atoms with van der Waals surface area (Å²) < 4.78 is 11.3. The molecule has 0 unspecified atom stereocenters. The van der Waals surface area contributed by atoms with Crippen molar-refractivity contribution in [2.45, 2.75) is 11.4 Å². The zero-order valence-electron chi connectivity index (χ0n) is 25.0. The van der Waals surface area contributed by atoms with E-state index in [1.807, 2.05) is 18.1 Å². The van der Waals surface area contributed by atoms with Gasteiger partial charge in [-0.05, 0) is 18.2 Å². The number of hydrogen-bond donors (Lipinski definition) is 0. The van der Waals surface area contributed by atoms with Crippen LogP contribution in [0.3, 0.4) is 0 Å². The molecule has 0 N–H and O–H groups in total. The Bertz CT molecular complexity index is 2550. The Morgan fingerprint density at radius 3 is 2.04 bits per heavy atom. The van der Waals surface area contributed by atoms with Gasteiger partial charge in [0.15, 0.2) is 0 Å². The van der Waals surface area contributed by atoms with Crippen molar-refractivity contribution in [1.29, 1.82) is 0 Å². The van der Waals surface area contributed by atoms with Crippen LogP contribution in [0.25, 0.3) is 72.0 Å². The molecule has 0 saturated carbocycles. The van der Waals surface area contributed by atoms with Gasteiger partial charge in [-0.15, -0.1) is 0 Å². The SMILES string of the molecule is CC[I-]Cc1cccc(-n2cnc3c(-n4c5ccccc5c5cc6c(cc54)c4ccccc4n6-c4ccccc4)[n+](C)[n-]c32)c1. The number of para-hydroxylation sites is 3. The standard InChI is InChI=1S/C38H30IN6/c1-3-39-23-25-12-11-15-27(20-25)43-24-40-36-37(43)41-42(2)38(36)45-33-19-10-8-17-29(33)31-21-34-30(22-35(31)45)28-16-7-9-18-32(28)44(34)26-13-5-4-6-14-26/h4-22,24H,3,23H2,1-2H3/q-1. The molecule has 0 aliphatic rings. The normalized spacial score (nSPS) is 12.1. The average Bonchev–Trinajstić information content (AvgIpc) is 3.81. The van der Waals surface area contributed by atoms with E-state index in [0.717, 1.165) is 39.4 Å². The fourth-order valence-electron chi connectivity index (χ4n) is 6.88. The van der Waals surface area contributed by atoms with Crippen molar-refractivity contribution in [3.8, 4) is 17.2 Å². The zero-order chi connectivity index (χ0) is 30.1. The number of aromatic nitrogens is 6. The second-order valence-electron chi connectivity index (χ2n) is 11.4. The Morgan fingerprint density at radius 1 is 0.667 bits per heavy atom. The molecule has 9 rings (SSSR count). The monoisotopic (exact) mass is 697 g/mol. The third kappa shape index (κ3) is 4.00. The molecule has 0 atom stereocenters. The Morgan fingerprint density at radius 2 is 1.31 bits per heavy atom. The third-order valence-electron chi connectivity index (χ3n) is 8.82. The zero-order valence-corrected chi connectivity index (χ0v) is 27.2. The van der Waals surface area contributed by atoms with Crippen molar-refractivity contribution in [3.05, 3.63) is 127 Å². The molecule has 0 aliphatic heterocycles. The van der Waals surface area contributed by atoms with Crippen molar-refractivity contribution in [3.63, 3.8) is 0 Å². The molecule has 4 aromatic heterocycles. The van der Waals surface area contributed by atoms with Gasteiger partial charge < -0.3 is 4.57 Å². The van der Waals surface area contributed by atoms with Crippen LogP contribution in [0, 0.1) is 0 Å². The van der Waals surface area contributed by atoms with Gasteiger partial charge in [0.1, 0.15) is 0 Å². The molecular formula is C38H30IN6-. The predicted octanol–water partition coefficient (Wildman–Crippen LogP) is 4.61. The number of fused-ring (bicyclic) bond motifs is 7. The van der Waals surface area contributed by atoms with E-state index in [1.54, 1.807) is 0 Å². The minimum atomic E-state index is 0.195. The molecule has 0 saturated heterocycles. The van der Waals surface area contributed by atoms with Gasteiger partial charge in [0.2, 0.25) is 0 Å². The molecule has 6 nitrogen and oxygen atoms in total. The van der Waals surface area contributed by atoms with E-state index in [2.05, 4.69) is 136 Å². The number of hydrogen-bond acceptors (Lipinski definition) is 1. The molecule has 5 aromatic carbocycles. The fraction of sp³-hybridized carbons (Fsp3) is 0.105. The Balaban J connectivity index is 1.33. The summed E-state index contributed by atoms with van der Waals surface area (Å²) in [5, 5.41) is 9.94. The van der Waals surface area contributed by atoms with Crippen LogP contribution in [0.2, 0.25) is 0 Å². The predicted molar refractivity (Wildman–Crippen MR) is 178 cm³/mol. The van der Waals surface area contributed by atoms with E-state index < -0.39 is 0 Å². The first-order valence-electron chi connectivity index (χ1n) is 15.3. The topological polar surface area (TPSA) is 45.7 Å². The first kappa shape index (κ1) is 26.5. The Kier molecular flexibility index (Phi) is 6.09. The number of alkyl halides is 2. The first-order chi connectivity index (χ1) is 22.2. The molecule has 0 aliphatic carbocycles. The molecule has 0 spiro atoms. The summed E-state index contributed by atoms with van der Waals surface area (Å²) in [7, 11) is 2.03. The van der Waals surface area contributed by atoms with Crippen LogP contribution in [-0.2, 0) is 11.5 Å². The molecule has 0 radical (unpaired) electrons. The van der Waals surface area contributed by atoms with Crippen molar-refractivity contribution in [1.82, 2.24) is 23.8 Å². The number of aryl methyl sites for hydroxylation is 1. The van der Waals surface area contributed by atoms with Crippen LogP contribution < -0.4 is 31.0 Å². The van der Waals surface area contributed by atoms with E-state index >= 15 is 0 Å². The van der Waals surface area contributed by atoms with Crippen molar-refractivity contribution in [2.24, 2.45) is 7.05 Å². The van der Waals surface area contributed by atoms with E-state index in [1.165, 1.54) is 47.0 Å². The molecule has 0 fully saturated rings. The summed E-state index contributed by atoms with van der Waals surface area (Å²) in [6.07, 6.45) is 1.93. The van der Waals surface area contributed by atoms with E-state index in [0.29, 0.717) is 0 Å². The molecule has 9 aromatic rings. The molecule has 0 bridgehead atoms. The van der Waals surface area contributed by atoms with Crippen molar-refractivity contribution < 1.29 is 25.9 Å². The summed E-state index contributed by atoms with van der Waals surface area (Å²) in [6.45, 7) is 2.28. The van der Waals surface area contributed by atoms with Crippen LogP contribution >= 0.6 is 0 Å². The first-order valence-corrected chi connectivity index (χ1v) is 18.3. The van der Waals surface area contributed by atoms with Gasteiger partial charge in [0.25, 0.3) is 0 Å². The molecule has 220 valence electrons. The van der Waals surface area contributed by atoms with Gasteiger partial charge in [-0.1, -0.05) is 42.5 Å². The van der Waals surface area contributed by atoms with Gasteiger partial charge in [-0.3, -0.25) is 0 Å². The molecule has 45 heavy (non-hydrogen) atoms. The van der Waals surface area contributed by atoms with E-state index in [9.17, 15) is 0 Å². The summed E-state index contributed by atoms with van der Waals surface area (Å²) in [5.41, 5.74) is 10.1. The van der Waals surface area contributed by atoms with Gasteiger partial charge in [0, 0.05) is 11.1 Å². The summed E-state index contributed by atoms with van der Waals surface area (Å²) in [5.74, 6) is 0.967. The summed E-state index contributed by atoms with van der Waals surface area (Å²) >= 11 is 0.195.